The molecule has 0 aliphatic carbocycles. The van der Waals surface area contributed by atoms with Gasteiger partial charge in [-0.15, -0.1) is 0 Å². The van der Waals surface area contributed by atoms with Crippen molar-refractivity contribution in [3.63, 3.8) is 0 Å². The molecule has 0 saturated carbocycles. The first-order valence-corrected chi connectivity index (χ1v) is 5.54. The quantitative estimate of drug-likeness (QED) is 0.716. The molecule has 0 spiro atoms. The van der Waals surface area contributed by atoms with E-state index in [2.05, 4.69) is 33.7 Å². The van der Waals surface area contributed by atoms with Gasteiger partial charge in [0.2, 0.25) is 0 Å². The summed E-state index contributed by atoms with van der Waals surface area (Å²) < 4.78 is 0. The van der Waals surface area contributed by atoms with Gasteiger partial charge in [-0.3, -0.25) is 4.98 Å². The maximum Gasteiger partial charge on any atom is 0.147 e. The Balaban J connectivity index is 2.03. The normalized spacial score (nSPS) is 18.1. The van der Waals surface area contributed by atoms with Crippen LogP contribution in [0.1, 0.15) is 12.6 Å². The molecule has 0 N–H and O–H groups in total. The van der Waals surface area contributed by atoms with Crippen molar-refractivity contribution in [3.05, 3.63) is 18.1 Å². The molecule has 0 atom stereocenters. The number of piperazine rings is 1. The molecule has 1 aliphatic heterocycles. The van der Waals surface area contributed by atoms with Gasteiger partial charge in [0, 0.05) is 26.2 Å². The number of aryl methyl sites for hydroxylation is 1. The third-order valence-corrected chi connectivity index (χ3v) is 2.88. The van der Waals surface area contributed by atoms with Gasteiger partial charge in [0.25, 0.3) is 0 Å². The zero-order valence-electron chi connectivity index (χ0n) is 9.48. The molecular formula is C11H18N4. The first kappa shape index (κ1) is 10.4. The van der Waals surface area contributed by atoms with E-state index in [9.17, 15) is 0 Å². The number of anilines is 1. The van der Waals surface area contributed by atoms with E-state index < -0.39 is 0 Å². The minimum absolute atomic E-state index is 0.954. The van der Waals surface area contributed by atoms with Crippen molar-refractivity contribution in [1.29, 1.82) is 0 Å². The van der Waals surface area contributed by atoms with E-state index in [0.29, 0.717) is 0 Å². The molecule has 15 heavy (non-hydrogen) atoms. The lowest BCUT2D eigenvalue weighted by molar-refractivity contribution is 0.312. The average Bonchev–Trinajstić information content (AvgIpc) is 2.30. The van der Waals surface area contributed by atoms with Gasteiger partial charge in [0.15, 0.2) is 0 Å². The number of likely N-dealkylation sites (N-methyl/N-ethyl adjacent to an activating group) is 1. The number of aromatic nitrogens is 2. The monoisotopic (exact) mass is 206 g/mol. The summed E-state index contributed by atoms with van der Waals surface area (Å²) in [6.45, 7) is 6.42. The lowest BCUT2D eigenvalue weighted by Gasteiger charge is -2.32. The highest BCUT2D eigenvalue weighted by Gasteiger charge is 2.14. The average molecular weight is 206 g/mol. The van der Waals surface area contributed by atoms with Gasteiger partial charge in [0.1, 0.15) is 5.82 Å². The summed E-state index contributed by atoms with van der Waals surface area (Å²) in [6, 6.07) is 0. The Morgan fingerprint density at radius 3 is 2.40 bits per heavy atom. The van der Waals surface area contributed by atoms with Crippen LogP contribution in [0.3, 0.4) is 0 Å². The van der Waals surface area contributed by atoms with E-state index in [1.54, 1.807) is 0 Å². The molecule has 2 rings (SSSR count). The molecule has 4 nitrogen and oxygen atoms in total. The molecule has 0 aromatic carbocycles. The zero-order valence-corrected chi connectivity index (χ0v) is 9.48. The van der Waals surface area contributed by atoms with Crippen LogP contribution in [0.4, 0.5) is 5.82 Å². The predicted octanol–water partition coefficient (Wildman–Crippen LogP) is 0.791. The van der Waals surface area contributed by atoms with Crippen LogP contribution in [0, 0.1) is 0 Å². The highest BCUT2D eigenvalue weighted by Crippen LogP contribution is 2.11. The van der Waals surface area contributed by atoms with Crippen LogP contribution in [0.25, 0.3) is 0 Å². The van der Waals surface area contributed by atoms with Crippen molar-refractivity contribution in [2.45, 2.75) is 13.3 Å². The maximum absolute atomic E-state index is 4.44. The first-order chi connectivity index (χ1) is 7.29. The molecule has 0 radical (unpaired) electrons. The van der Waals surface area contributed by atoms with Crippen LogP contribution >= 0.6 is 0 Å². The standard InChI is InChI=1S/C11H18N4/c1-3-10-8-13-11(9-12-10)15-6-4-14(2)5-7-15/h8-9H,3-7H2,1-2H3. The number of rotatable bonds is 2. The van der Waals surface area contributed by atoms with Crippen LogP contribution in [0.15, 0.2) is 12.4 Å². The molecular weight excluding hydrogens is 188 g/mol. The second kappa shape index (κ2) is 4.57. The fourth-order valence-corrected chi connectivity index (χ4v) is 1.73. The molecule has 1 fully saturated rings. The Labute approximate surface area is 90.9 Å². The van der Waals surface area contributed by atoms with E-state index >= 15 is 0 Å². The van der Waals surface area contributed by atoms with E-state index in [-0.39, 0.29) is 0 Å². The van der Waals surface area contributed by atoms with E-state index in [1.165, 1.54) is 0 Å². The highest BCUT2D eigenvalue weighted by atomic mass is 15.3. The van der Waals surface area contributed by atoms with E-state index in [0.717, 1.165) is 44.1 Å². The third-order valence-electron chi connectivity index (χ3n) is 2.88. The summed E-state index contributed by atoms with van der Waals surface area (Å²) in [6.07, 6.45) is 4.73. The summed E-state index contributed by atoms with van der Waals surface area (Å²) in [5.41, 5.74) is 1.06. The minimum Gasteiger partial charge on any atom is -0.353 e. The van der Waals surface area contributed by atoms with Gasteiger partial charge >= 0.3 is 0 Å². The lowest BCUT2D eigenvalue weighted by atomic mass is 10.3. The molecule has 0 amide bonds. The highest BCUT2D eigenvalue weighted by molar-refractivity contribution is 5.36. The summed E-state index contributed by atoms with van der Waals surface area (Å²) >= 11 is 0. The molecule has 1 aromatic heterocycles. The van der Waals surface area contributed by atoms with Gasteiger partial charge in [-0.05, 0) is 13.5 Å². The summed E-state index contributed by atoms with van der Waals surface area (Å²) in [7, 11) is 2.16. The Hall–Kier alpha value is -1.16. The topological polar surface area (TPSA) is 32.3 Å². The number of hydrogen-bond acceptors (Lipinski definition) is 4. The van der Waals surface area contributed by atoms with Crippen molar-refractivity contribution >= 4 is 5.82 Å². The van der Waals surface area contributed by atoms with E-state index in [4.69, 9.17) is 0 Å². The van der Waals surface area contributed by atoms with Gasteiger partial charge in [-0.2, -0.15) is 0 Å². The fraction of sp³-hybridized carbons (Fsp3) is 0.636. The Bertz CT molecular complexity index is 301. The number of hydrogen-bond donors (Lipinski definition) is 0. The molecule has 1 saturated heterocycles. The number of nitrogens with zero attached hydrogens (tertiary/aromatic N) is 4. The Kier molecular flexibility index (Phi) is 3.16. The molecule has 1 aliphatic rings. The van der Waals surface area contributed by atoms with Gasteiger partial charge in [-0.1, -0.05) is 6.92 Å². The zero-order chi connectivity index (χ0) is 10.7. The van der Waals surface area contributed by atoms with Crippen molar-refractivity contribution < 1.29 is 0 Å². The fourth-order valence-electron chi connectivity index (χ4n) is 1.73. The second-order valence-corrected chi connectivity index (χ2v) is 4.01. The van der Waals surface area contributed by atoms with E-state index in [1.807, 2.05) is 12.4 Å². The van der Waals surface area contributed by atoms with Crippen molar-refractivity contribution in [3.8, 4) is 0 Å². The smallest absolute Gasteiger partial charge is 0.147 e. The van der Waals surface area contributed by atoms with Crippen LogP contribution in [-0.4, -0.2) is 48.1 Å². The molecule has 2 heterocycles. The molecule has 0 bridgehead atoms. The molecule has 82 valence electrons. The largest absolute Gasteiger partial charge is 0.353 e. The molecule has 1 aromatic rings. The van der Waals surface area contributed by atoms with Crippen LogP contribution in [0.2, 0.25) is 0 Å². The van der Waals surface area contributed by atoms with Crippen LogP contribution in [-0.2, 0) is 6.42 Å². The van der Waals surface area contributed by atoms with Crippen molar-refractivity contribution in [2.24, 2.45) is 0 Å². The lowest BCUT2D eigenvalue weighted by Crippen LogP contribution is -2.44. The predicted molar refractivity (Wildman–Crippen MR) is 61.1 cm³/mol. The Morgan fingerprint density at radius 1 is 1.13 bits per heavy atom. The van der Waals surface area contributed by atoms with Gasteiger partial charge in [0.05, 0.1) is 18.1 Å². The van der Waals surface area contributed by atoms with Crippen molar-refractivity contribution in [1.82, 2.24) is 14.9 Å². The molecule has 4 heteroatoms. The van der Waals surface area contributed by atoms with Crippen LogP contribution < -0.4 is 4.90 Å². The van der Waals surface area contributed by atoms with Crippen molar-refractivity contribution in [2.75, 3.05) is 38.1 Å². The molecule has 0 unspecified atom stereocenters. The summed E-state index contributed by atoms with van der Waals surface area (Å²) in [5.74, 6) is 1.01. The van der Waals surface area contributed by atoms with Crippen LogP contribution in [0.5, 0.6) is 0 Å². The minimum atomic E-state index is 0.954. The summed E-state index contributed by atoms with van der Waals surface area (Å²) in [5, 5.41) is 0. The first-order valence-electron chi connectivity index (χ1n) is 5.54. The second-order valence-electron chi connectivity index (χ2n) is 4.01. The third kappa shape index (κ3) is 2.45. The maximum atomic E-state index is 4.44. The summed E-state index contributed by atoms with van der Waals surface area (Å²) in [4.78, 5) is 13.5. The van der Waals surface area contributed by atoms with Gasteiger partial charge in [-0.25, -0.2) is 4.98 Å². The van der Waals surface area contributed by atoms with Gasteiger partial charge < -0.3 is 9.80 Å². The SMILES string of the molecule is CCc1cnc(N2CCN(C)CC2)cn1. The Morgan fingerprint density at radius 2 is 1.87 bits per heavy atom.